The van der Waals surface area contributed by atoms with Crippen LogP contribution in [-0.4, -0.2) is 23.0 Å². The predicted molar refractivity (Wildman–Crippen MR) is 68.5 cm³/mol. The van der Waals surface area contributed by atoms with Crippen molar-refractivity contribution in [1.29, 1.82) is 0 Å². The summed E-state index contributed by atoms with van der Waals surface area (Å²) in [7, 11) is 0. The lowest BCUT2D eigenvalue weighted by molar-refractivity contribution is 0.302. The van der Waals surface area contributed by atoms with Crippen molar-refractivity contribution >= 4 is 16.9 Å². The first kappa shape index (κ1) is 11.3. The van der Waals surface area contributed by atoms with E-state index in [0.717, 1.165) is 5.92 Å². The van der Waals surface area contributed by atoms with Gasteiger partial charge in [-0.05, 0) is 25.7 Å². The van der Waals surface area contributed by atoms with Crippen LogP contribution in [0.1, 0.15) is 46.0 Å². The number of nitrogens with one attached hydrogen (secondary N) is 1. The monoisotopic (exact) mass is 226 g/mol. The van der Waals surface area contributed by atoms with Gasteiger partial charge in [-0.2, -0.15) is 0 Å². The Hall–Kier alpha value is -0.180. The molecule has 86 valence electrons. The molecule has 3 atom stereocenters. The Labute approximate surface area is 97.3 Å². The SMILES string of the molecule is CCC1CCCCC1N=C1NC(C)CS1. The Morgan fingerprint density at radius 1 is 1.40 bits per heavy atom. The van der Waals surface area contributed by atoms with E-state index in [4.69, 9.17) is 4.99 Å². The molecule has 0 aromatic rings. The molecule has 0 spiro atoms. The van der Waals surface area contributed by atoms with Crippen molar-refractivity contribution in [2.45, 2.75) is 58.0 Å². The highest BCUT2D eigenvalue weighted by molar-refractivity contribution is 8.14. The summed E-state index contributed by atoms with van der Waals surface area (Å²) in [4.78, 5) is 4.91. The number of hydrogen-bond donors (Lipinski definition) is 1. The lowest BCUT2D eigenvalue weighted by atomic mass is 9.83. The Balaban J connectivity index is 1.96. The molecule has 2 fully saturated rings. The molecule has 1 aliphatic carbocycles. The van der Waals surface area contributed by atoms with Crippen LogP contribution in [0.25, 0.3) is 0 Å². The van der Waals surface area contributed by atoms with Crippen LogP contribution < -0.4 is 5.32 Å². The number of hydrogen-bond acceptors (Lipinski definition) is 2. The first-order valence-electron chi connectivity index (χ1n) is 6.26. The van der Waals surface area contributed by atoms with Gasteiger partial charge in [0.1, 0.15) is 0 Å². The number of amidine groups is 1. The van der Waals surface area contributed by atoms with Crippen LogP contribution in [-0.2, 0) is 0 Å². The molecular weight excluding hydrogens is 204 g/mol. The van der Waals surface area contributed by atoms with Gasteiger partial charge in [-0.1, -0.05) is 37.9 Å². The summed E-state index contributed by atoms with van der Waals surface area (Å²) in [6.45, 7) is 4.54. The normalized spacial score (nSPS) is 39.3. The van der Waals surface area contributed by atoms with E-state index >= 15 is 0 Å². The van der Waals surface area contributed by atoms with Crippen molar-refractivity contribution in [1.82, 2.24) is 5.32 Å². The summed E-state index contributed by atoms with van der Waals surface area (Å²) in [5, 5.41) is 4.66. The topological polar surface area (TPSA) is 24.4 Å². The van der Waals surface area contributed by atoms with E-state index in [0.29, 0.717) is 12.1 Å². The highest BCUT2D eigenvalue weighted by Gasteiger charge is 2.25. The molecule has 3 unspecified atom stereocenters. The molecule has 1 saturated heterocycles. The lowest BCUT2D eigenvalue weighted by Gasteiger charge is -2.28. The van der Waals surface area contributed by atoms with Crippen molar-refractivity contribution in [3.63, 3.8) is 0 Å². The standard InChI is InChI=1S/C12H22N2S/c1-3-10-6-4-5-7-11(10)14-12-13-9(2)8-15-12/h9-11H,3-8H2,1-2H3,(H,13,14). The fourth-order valence-corrected chi connectivity index (χ4v) is 3.54. The second-order valence-electron chi connectivity index (χ2n) is 4.81. The summed E-state index contributed by atoms with van der Waals surface area (Å²) >= 11 is 1.90. The van der Waals surface area contributed by atoms with Gasteiger partial charge < -0.3 is 5.32 Å². The summed E-state index contributed by atoms with van der Waals surface area (Å²) in [5.41, 5.74) is 0. The van der Waals surface area contributed by atoms with Gasteiger partial charge in [-0.25, -0.2) is 0 Å². The molecule has 1 N–H and O–H groups in total. The molecule has 0 aromatic heterocycles. The Kier molecular flexibility index (Phi) is 3.95. The molecule has 1 saturated carbocycles. The van der Waals surface area contributed by atoms with Crippen molar-refractivity contribution in [2.24, 2.45) is 10.9 Å². The highest BCUT2D eigenvalue weighted by Crippen LogP contribution is 2.30. The van der Waals surface area contributed by atoms with Gasteiger partial charge in [-0.15, -0.1) is 0 Å². The van der Waals surface area contributed by atoms with Gasteiger partial charge in [-0.3, -0.25) is 4.99 Å². The van der Waals surface area contributed by atoms with Gasteiger partial charge >= 0.3 is 0 Å². The summed E-state index contributed by atoms with van der Waals surface area (Å²) in [6.07, 6.45) is 6.77. The van der Waals surface area contributed by atoms with Crippen LogP contribution in [0.15, 0.2) is 4.99 Å². The molecule has 0 amide bonds. The van der Waals surface area contributed by atoms with E-state index in [1.807, 2.05) is 11.8 Å². The average Bonchev–Trinajstić information content (AvgIpc) is 2.65. The molecule has 15 heavy (non-hydrogen) atoms. The molecule has 1 heterocycles. The maximum absolute atomic E-state index is 4.91. The fraction of sp³-hybridized carbons (Fsp3) is 0.917. The number of aliphatic imine (C=N–C) groups is 1. The van der Waals surface area contributed by atoms with Crippen LogP contribution >= 0.6 is 11.8 Å². The van der Waals surface area contributed by atoms with E-state index in [9.17, 15) is 0 Å². The van der Waals surface area contributed by atoms with Crippen molar-refractivity contribution in [3.8, 4) is 0 Å². The molecule has 1 aliphatic heterocycles. The Bertz CT molecular complexity index is 240. The highest BCUT2D eigenvalue weighted by atomic mass is 32.2. The summed E-state index contributed by atoms with van der Waals surface area (Å²) < 4.78 is 0. The fourth-order valence-electron chi connectivity index (χ4n) is 2.56. The van der Waals surface area contributed by atoms with Crippen LogP contribution in [0.2, 0.25) is 0 Å². The quantitative estimate of drug-likeness (QED) is 0.782. The van der Waals surface area contributed by atoms with Crippen LogP contribution in [0.3, 0.4) is 0 Å². The van der Waals surface area contributed by atoms with Gasteiger partial charge in [0.15, 0.2) is 5.17 Å². The average molecular weight is 226 g/mol. The van der Waals surface area contributed by atoms with Gasteiger partial charge in [0, 0.05) is 11.8 Å². The van der Waals surface area contributed by atoms with Gasteiger partial charge in [0.25, 0.3) is 0 Å². The van der Waals surface area contributed by atoms with Crippen molar-refractivity contribution in [3.05, 3.63) is 0 Å². The molecule has 0 aromatic carbocycles. The van der Waals surface area contributed by atoms with E-state index < -0.39 is 0 Å². The molecule has 3 heteroatoms. The third kappa shape index (κ3) is 2.90. The maximum atomic E-state index is 4.91. The zero-order valence-electron chi connectivity index (χ0n) is 9.83. The molecule has 0 bridgehead atoms. The van der Waals surface area contributed by atoms with Crippen LogP contribution in [0.5, 0.6) is 0 Å². The molecule has 2 nitrogen and oxygen atoms in total. The van der Waals surface area contributed by atoms with Crippen molar-refractivity contribution in [2.75, 3.05) is 5.75 Å². The van der Waals surface area contributed by atoms with E-state index in [1.165, 1.54) is 43.0 Å². The molecular formula is C12H22N2S. The van der Waals surface area contributed by atoms with E-state index in [1.54, 1.807) is 0 Å². The number of thioether (sulfide) groups is 1. The first-order chi connectivity index (χ1) is 7.29. The summed E-state index contributed by atoms with van der Waals surface area (Å²) in [6, 6.07) is 1.21. The molecule has 2 rings (SSSR count). The smallest absolute Gasteiger partial charge is 0.157 e. The third-order valence-electron chi connectivity index (χ3n) is 3.52. The second kappa shape index (κ2) is 5.24. The Morgan fingerprint density at radius 3 is 2.87 bits per heavy atom. The van der Waals surface area contributed by atoms with E-state index in [-0.39, 0.29) is 0 Å². The minimum absolute atomic E-state index is 0.601. The zero-order valence-corrected chi connectivity index (χ0v) is 10.6. The second-order valence-corrected chi connectivity index (χ2v) is 5.82. The third-order valence-corrected chi connectivity index (χ3v) is 4.68. The number of nitrogens with zero attached hydrogens (tertiary/aromatic N) is 1. The maximum Gasteiger partial charge on any atom is 0.157 e. The predicted octanol–water partition coefficient (Wildman–Crippen LogP) is 3.04. The zero-order chi connectivity index (χ0) is 10.7. The largest absolute Gasteiger partial charge is 0.362 e. The minimum Gasteiger partial charge on any atom is -0.362 e. The molecule has 2 aliphatic rings. The number of rotatable bonds is 2. The molecule has 0 radical (unpaired) electrons. The van der Waals surface area contributed by atoms with Crippen LogP contribution in [0.4, 0.5) is 0 Å². The van der Waals surface area contributed by atoms with Crippen LogP contribution in [0, 0.1) is 5.92 Å². The van der Waals surface area contributed by atoms with E-state index in [2.05, 4.69) is 19.2 Å². The first-order valence-corrected chi connectivity index (χ1v) is 7.25. The Morgan fingerprint density at radius 2 is 2.20 bits per heavy atom. The minimum atomic E-state index is 0.601. The lowest BCUT2D eigenvalue weighted by Crippen LogP contribution is -2.28. The van der Waals surface area contributed by atoms with Gasteiger partial charge in [0.05, 0.1) is 6.04 Å². The summed E-state index contributed by atoms with van der Waals surface area (Å²) in [5.74, 6) is 2.02. The van der Waals surface area contributed by atoms with Gasteiger partial charge in [0.2, 0.25) is 0 Å². The van der Waals surface area contributed by atoms with Crippen molar-refractivity contribution < 1.29 is 0 Å².